The Bertz CT molecular complexity index is 217. The lowest BCUT2D eigenvalue weighted by atomic mass is 10.1. The van der Waals surface area contributed by atoms with Gasteiger partial charge in [-0.3, -0.25) is 0 Å². The molecule has 0 amide bonds. The third-order valence-electron chi connectivity index (χ3n) is 3.53. The molecular formula is C13H26N2S2. The number of thioether (sulfide) groups is 2. The summed E-state index contributed by atoms with van der Waals surface area (Å²) in [5.74, 6) is 4.98. The van der Waals surface area contributed by atoms with Crippen LogP contribution >= 0.6 is 23.5 Å². The summed E-state index contributed by atoms with van der Waals surface area (Å²) in [6, 6.07) is 0.634. The van der Waals surface area contributed by atoms with Crippen molar-refractivity contribution in [3.8, 4) is 0 Å². The molecule has 2 aliphatic rings. The van der Waals surface area contributed by atoms with E-state index >= 15 is 0 Å². The van der Waals surface area contributed by atoms with Crippen molar-refractivity contribution < 1.29 is 0 Å². The van der Waals surface area contributed by atoms with E-state index in [1.54, 1.807) is 0 Å². The Hall–Kier alpha value is 0.620. The zero-order chi connectivity index (χ0) is 12.1. The molecule has 1 N–H and O–H groups in total. The van der Waals surface area contributed by atoms with Gasteiger partial charge in [0.25, 0.3) is 0 Å². The number of hydrogen-bond donors (Lipinski definition) is 1. The summed E-state index contributed by atoms with van der Waals surface area (Å²) in [4.78, 5) is 2.69. The molecule has 0 aromatic carbocycles. The lowest BCUT2D eigenvalue weighted by Gasteiger charge is -2.26. The van der Waals surface area contributed by atoms with Gasteiger partial charge in [0.05, 0.1) is 0 Å². The monoisotopic (exact) mass is 274 g/mol. The van der Waals surface area contributed by atoms with Crippen LogP contribution < -0.4 is 5.32 Å². The van der Waals surface area contributed by atoms with Crippen molar-refractivity contribution in [1.82, 2.24) is 10.2 Å². The molecule has 2 unspecified atom stereocenters. The maximum absolute atomic E-state index is 3.58. The fourth-order valence-electron chi connectivity index (χ4n) is 2.58. The van der Waals surface area contributed by atoms with E-state index in [1.165, 1.54) is 49.9 Å². The summed E-state index contributed by atoms with van der Waals surface area (Å²) >= 11 is 4.33. The topological polar surface area (TPSA) is 15.3 Å². The minimum atomic E-state index is 0.634. The average molecular weight is 274 g/mol. The molecule has 4 heteroatoms. The average Bonchev–Trinajstić information content (AvgIpc) is 2.75. The van der Waals surface area contributed by atoms with Crippen LogP contribution in [-0.2, 0) is 0 Å². The Morgan fingerprint density at radius 3 is 2.94 bits per heavy atom. The van der Waals surface area contributed by atoms with Crippen LogP contribution in [0.4, 0.5) is 0 Å². The second kappa shape index (κ2) is 7.27. The van der Waals surface area contributed by atoms with Crippen LogP contribution in [0.15, 0.2) is 0 Å². The van der Waals surface area contributed by atoms with Crippen molar-refractivity contribution in [3.63, 3.8) is 0 Å². The number of rotatable bonds is 5. The van der Waals surface area contributed by atoms with Gasteiger partial charge in [-0.05, 0) is 25.4 Å². The molecule has 0 bridgehead atoms. The van der Waals surface area contributed by atoms with Crippen molar-refractivity contribution in [2.45, 2.75) is 31.6 Å². The zero-order valence-electron chi connectivity index (χ0n) is 11.2. The highest BCUT2D eigenvalue weighted by molar-refractivity contribution is 8.06. The lowest BCUT2D eigenvalue weighted by molar-refractivity contribution is 0.325. The minimum Gasteiger partial charge on any atom is -0.314 e. The Labute approximate surface area is 115 Å². The lowest BCUT2D eigenvalue weighted by Crippen LogP contribution is -2.34. The highest BCUT2D eigenvalue weighted by Crippen LogP contribution is 2.26. The molecule has 0 aromatic heterocycles. The number of nitrogens with one attached hydrogen (secondary N) is 1. The summed E-state index contributed by atoms with van der Waals surface area (Å²) in [5.41, 5.74) is 0. The van der Waals surface area contributed by atoms with E-state index in [1.807, 2.05) is 0 Å². The summed E-state index contributed by atoms with van der Waals surface area (Å²) in [5, 5.41) is 4.47. The van der Waals surface area contributed by atoms with Crippen LogP contribution in [0.1, 0.15) is 20.3 Å². The smallest absolute Gasteiger partial charge is 0.0265 e. The normalized spacial score (nSPS) is 31.2. The van der Waals surface area contributed by atoms with Gasteiger partial charge in [-0.15, -0.1) is 0 Å². The van der Waals surface area contributed by atoms with E-state index in [4.69, 9.17) is 0 Å². The SMILES string of the molecule is CC(C)NCC1CCN(CC2CSCCS2)C1. The maximum atomic E-state index is 3.58. The summed E-state index contributed by atoms with van der Waals surface area (Å²) in [6.07, 6.45) is 1.39. The quantitative estimate of drug-likeness (QED) is 0.826. The van der Waals surface area contributed by atoms with E-state index in [0.717, 1.165) is 11.2 Å². The first-order valence-electron chi connectivity index (χ1n) is 6.89. The van der Waals surface area contributed by atoms with Gasteiger partial charge in [-0.25, -0.2) is 0 Å². The summed E-state index contributed by atoms with van der Waals surface area (Å²) in [6.45, 7) is 9.66. The van der Waals surface area contributed by atoms with Gasteiger partial charge in [0.15, 0.2) is 0 Å². The molecule has 0 spiro atoms. The molecule has 2 fully saturated rings. The van der Waals surface area contributed by atoms with E-state index < -0.39 is 0 Å². The molecule has 2 rings (SSSR count). The van der Waals surface area contributed by atoms with Crippen LogP contribution in [-0.4, -0.2) is 59.6 Å². The van der Waals surface area contributed by atoms with Crippen molar-refractivity contribution in [3.05, 3.63) is 0 Å². The van der Waals surface area contributed by atoms with E-state index in [9.17, 15) is 0 Å². The number of likely N-dealkylation sites (tertiary alicyclic amines) is 1. The summed E-state index contributed by atoms with van der Waals surface area (Å²) in [7, 11) is 0. The Morgan fingerprint density at radius 2 is 2.24 bits per heavy atom. The second-order valence-electron chi connectivity index (χ2n) is 5.54. The molecule has 2 aliphatic heterocycles. The molecule has 2 atom stereocenters. The van der Waals surface area contributed by atoms with Gasteiger partial charge in [0, 0.05) is 41.6 Å². The molecule has 2 heterocycles. The molecule has 2 nitrogen and oxygen atoms in total. The first-order valence-corrected chi connectivity index (χ1v) is 9.09. The standard InChI is InChI=1S/C13H26N2S2/c1-11(2)14-7-12-3-4-15(8-12)9-13-10-16-5-6-17-13/h11-14H,3-10H2,1-2H3. The van der Waals surface area contributed by atoms with Gasteiger partial charge in [-0.1, -0.05) is 13.8 Å². The fraction of sp³-hybridized carbons (Fsp3) is 1.00. The van der Waals surface area contributed by atoms with Crippen molar-refractivity contribution >= 4 is 23.5 Å². The first-order chi connectivity index (χ1) is 8.24. The predicted molar refractivity (Wildman–Crippen MR) is 81.3 cm³/mol. The van der Waals surface area contributed by atoms with Crippen LogP contribution in [0.2, 0.25) is 0 Å². The molecular weight excluding hydrogens is 248 g/mol. The summed E-state index contributed by atoms with van der Waals surface area (Å²) < 4.78 is 0. The van der Waals surface area contributed by atoms with Crippen LogP contribution in [0.5, 0.6) is 0 Å². The van der Waals surface area contributed by atoms with Gasteiger partial charge in [0.1, 0.15) is 0 Å². The molecule has 2 saturated heterocycles. The molecule has 0 saturated carbocycles. The molecule has 0 aliphatic carbocycles. The van der Waals surface area contributed by atoms with Crippen molar-refractivity contribution in [2.24, 2.45) is 5.92 Å². The third-order valence-corrected chi connectivity index (χ3v) is 6.36. The molecule has 0 aromatic rings. The van der Waals surface area contributed by atoms with Crippen molar-refractivity contribution in [1.29, 1.82) is 0 Å². The maximum Gasteiger partial charge on any atom is 0.0265 e. The number of nitrogens with zero attached hydrogens (tertiary/aromatic N) is 1. The predicted octanol–water partition coefficient (Wildman–Crippen LogP) is 2.15. The Kier molecular flexibility index (Phi) is 6.00. The first kappa shape index (κ1) is 14.0. The van der Waals surface area contributed by atoms with Gasteiger partial charge in [0.2, 0.25) is 0 Å². The highest BCUT2D eigenvalue weighted by atomic mass is 32.2. The minimum absolute atomic E-state index is 0.634. The Morgan fingerprint density at radius 1 is 1.35 bits per heavy atom. The Balaban J connectivity index is 1.63. The van der Waals surface area contributed by atoms with Crippen LogP contribution in [0.25, 0.3) is 0 Å². The van der Waals surface area contributed by atoms with Gasteiger partial charge >= 0.3 is 0 Å². The highest BCUT2D eigenvalue weighted by Gasteiger charge is 2.25. The molecule has 17 heavy (non-hydrogen) atoms. The molecule has 100 valence electrons. The van der Waals surface area contributed by atoms with Gasteiger partial charge in [-0.2, -0.15) is 23.5 Å². The van der Waals surface area contributed by atoms with Crippen LogP contribution in [0, 0.1) is 5.92 Å². The number of hydrogen-bond acceptors (Lipinski definition) is 4. The second-order valence-corrected chi connectivity index (χ2v) is 8.10. The van der Waals surface area contributed by atoms with E-state index in [2.05, 4.69) is 47.6 Å². The fourth-order valence-corrected chi connectivity index (χ4v) is 5.29. The van der Waals surface area contributed by atoms with E-state index in [0.29, 0.717) is 6.04 Å². The van der Waals surface area contributed by atoms with E-state index in [-0.39, 0.29) is 0 Å². The largest absolute Gasteiger partial charge is 0.314 e. The molecule has 0 radical (unpaired) electrons. The van der Waals surface area contributed by atoms with Crippen LogP contribution in [0.3, 0.4) is 0 Å². The third kappa shape index (κ3) is 5.01. The zero-order valence-corrected chi connectivity index (χ0v) is 12.8. The van der Waals surface area contributed by atoms with Crippen molar-refractivity contribution in [2.75, 3.05) is 43.4 Å². The van der Waals surface area contributed by atoms with Gasteiger partial charge < -0.3 is 10.2 Å².